The molecule has 1 amide bonds. The van der Waals surface area contributed by atoms with Gasteiger partial charge in [0.2, 0.25) is 5.91 Å². The van der Waals surface area contributed by atoms with E-state index in [0.717, 1.165) is 13.0 Å². The minimum atomic E-state index is -1.01. The number of aliphatic carboxylic acids is 1. The van der Waals surface area contributed by atoms with E-state index in [2.05, 4.69) is 5.32 Å². The number of ether oxygens (including phenoxy) is 1. The number of amides is 1. The van der Waals surface area contributed by atoms with Crippen molar-refractivity contribution in [2.75, 3.05) is 33.3 Å². The summed E-state index contributed by atoms with van der Waals surface area (Å²) in [6.07, 6.45) is 0.347. The van der Waals surface area contributed by atoms with Gasteiger partial charge in [-0.05, 0) is 20.0 Å². The predicted molar refractivity (Wildman–Crippen MR) is 57.1 cm³/mol. The largest absolute Gasteiger partial charge is 0.479 e. The van der Waals surface area contributed by atoms with Crippen LogP contribution in [0.4, 0.5) is 0 Å². The van der Waals surface area contributed by atoms with E-state index >= 15 is 0 Å². The van der Waals surface area contributed by atoms with Crippen LogP contribution in [0.15, 0.2) is 0 Å². The molecule has 2 N–H and O–H groups in total. The molecule has 1 aliphatic heterocycles. The van der Waals surface area contributed by atoms with E-state index in [1.807, 2.05) is 7.05 Å². The van der Waals surface area contributed by atoms with Crippen LogP contribution in [-0.2, 0) is 14.3 Å². The number of hydrogen-bond acceptors (Lipinski definition) is 4. The molecular formula is C10H18N2O4. The van der Waals surface area contributed by atoms with E-state index in [1.54, 1.807) is 4.90 Å². The van der Waals surface area contributed by atoms with Crippen LogP contribution in [-0.4, -0.2) is 61.3 Å². The molecule has 6 heteroatoms. The van der Waals surface area contributed by atoms with Gasteiger partial charge in [-0.2, -0.15) is 0 Å². The fourth-order valence-electron chi connectivity index (χ4n) is 1.60. The van der Waals surface area contributed by atoms with E-state index in [-0.39, 0.29) is 12.5 Å². The highest BCUT2D eigenvalue weighted by Crippen LogP contribution is 2.07. The molecule has 0 aliphatic carbocycles. The van der Waals surface area contributed by atoms with Crippen molar-refractivity contribution in [2.24, 2.45) is 0 Å². The molecule has 0 aromatic carbocycles. The van der Waals surface area contributed by atoms with Crippen LogP contribution in [0.2, 0.25) is 0 Å². The van der Waals surface area contributed by atoms with Gasteiger partial charge in [-0.25, -0.2) is 4.79 Å². The zero-order valence-electron chi connectivity index (χ0n) is 9.44. The number of nitrogens with zero attached hydrogens (tertiary/aromatic N) is 1. The second kappa shape index (κ2) is 6.44. The van der Waals surface area contributed by atoms with Gasteiger partial charge in [-0.15, -0.1) is 0 Å². The first-order valence-electron chi connectivity index (χ1n) is 5.42. The molecule has 0 saturated carbocycles. The Hall–Kier alpha value is -1.14. The van der Waals surface area contributed by atoms with Gasteiger partial charge < -0.3 is 20.1 Å². The Balaban J connectivity index is 2.35. The minimum absolute atomic E-state index is 0.00444. The smallest absolute Gasteiger partial charge is 0.334 e. The van der Waals surface area contributed by atoms with Gasteiger partial charge in [0.25, 0.3) is 0 Å². The van der Waals surface area contributed by atoms with E-state index in [1.165, 1.54) is 0 Å². The van der Waals surface area contributed by atoms with Crippen LogP contribution in [0.25, 0.3) is 0 Å². The van der Waals surface area contributed by atoms with Crippen molar-refractivity contribution in [2.45, 2.75) is 18.9 Å². The first-order chi connectivity index (χ1) is 7.65. The Kier molecular flexibility index (Phi) is 5.21. The molecule has 1 unspecified atom stereocenters. The average Bonchev–Trinajstić information content (AvgIpc) is 2.29. The number of carbonyl (C=O) groups is 2. The summed E-state index contributed by atoms with van der Waals surface area (Å²) in [7, 11) is 1.83. The normalized spacial score (nSPS) is 20.8. The first kappa shape index (κ1) is 12.9. The average molecular weight is 230 g/mol. The molecular weight excluding hydrogens is 212 g/mol. The number of nitrogens with one attached hydrogen (secondary N) is 1. The highest BCUT2D eigenvalue weighted by Gasteiger charge is 2.28. The molecule has 1 aliphatic rings. The number of carboxylic acid groups (broad SMARTS) is 1. The predicted octanol–water partition coefficient (Wildman–Crippen LogP) is -0.702. The van der Waals surface area contributed by atoms with Gasteiger partial charge in [-0.3, -0.25) is 4.79 Å². The van der Waals surface area contributed by atoms with Crippen LogP contribution in [0.3, 0.4) is 0 Å². The van der Waals surface area contributed by atoms with Crippen molar-refractivity contribution >= 4 is 11.9 Å². The van der Waals surface area contributed by atoms with Crippen molar-refractivity contribution in [3.05, 3.63) is 0 Å². The van der Waals surface area contributed by atoms with E-state index < -0.39 is 12.1 Å². The van der Waals surface area contributed by atoms with Crippen LogP contribution in [0.5, 0.6) is 0 Å². The number of rotatable bonds is 5. The first-order valence-corrected chi connectivity index (χ1v) is 5.42. The molecule has 92 valence electrons. The van der Waals surface area contributed by atoms with Gasteiger partial charge >= 0.3 is 5.97 Å². The Morgan fingerprint density at radius 1 is 1.56 bits per heavy atom. The quantitative estimate of drug-likeness (QED) is 0.610. The summed E-state index contributed by atoms with van der Waals surface area (Å²) in [6, 6.07) is 0. The third-order valence-electron chi connectivity index (χ3n) is 2.51. The van der Waals surface area contributed by atoms with E-state index in [9.17, 15) is 9.59 Å². The second-order valence-corrected chi connectivity index (χ2v) is 3.74. The molecule has 16 heavy (non-hydrogen) atoms. The molecule has 1 atom stereocenters. The summed E-state index contributed by atoms with van der Waals surface area (Å²) in [4.78, 5) is 24.0. The maximum Gasteiger partial charge on any atom is 0.334 e. The molecule has 0 radical (unpaired) electrons. The van der Waals surface area contributed by atoms with Crippen molar-refractivity contribution in [1.29, 1.82) is 0 Å². The summed E-state index contributed by atoms with van der Waals surface area (Å²) in [5.74, 6) is -1.00. The number of hydrogen-bond donors (Lipinski definition) is 2. The lowest BCUT2D eigenvalue weighted by molar-refractivity contribution is -0.159. The second-order valence-electron chi connectivity index (χ2n) is 3.74. The maximum absolute atomic E-state index is 11.7. The third kappa shape index (κ3) is 3.79. The van der Waals surface area contributed by atoms with Crippen molar-refractivity contribution in [3.8, 4) is 0 Å². The number of morpholine rings is 1. The van der Waals surface area contributed by atoms with Gasteiger partial charge in [0.15, 0.2) is 6.10 Å². The number of carbonyl (C=O) groups excluding carboxylic acids is 1. The lowest BCUT2D eigenvalue weighted by atomic mass is 10.2. The van der Waals surface area contributed by atoms with E-state index in [0.29, 0.717) is 19.6 Å². The molecule has 1 rings (SSSR count). The Bertz CT molecular complexity index is 257. The summed E-state index contributed by atoms with van der Waals surface area (Å²) in [6.45, 7) is 1.74. The summed E-state index contributed by atoms with van der Waals surface area (Å²) < 4.78 is 5.04. The molecule has 0 spiro atoms. The van der Waals surface area contributed by atoms with Crippen LogP contribution < -0.4 is 5.32 Å². The molecule has 0 aromatic rings. The molecule has 0 aromatic heterocycles. The lowest BCUT2D eigenvalue weighted by Gasteiger charge is -2.30. The molecule has 1 fully saturated rings. The summed E-state index contributed by atoms with van der Waals surface area (Å²) in [5, 5.41) is 11.7. The Morgan fingerprint density at radius 2 is 2.31 bits per heavy atom. The van der Waals surface area contributed by atoms with Gasteiger partial charge in [-0.1, -0.05) is 0 Å². The van der Waals surface area contributed by atoms with Gasteiger partial charge in [0, 0.05) is 13.0 Å². The maximum atomic E-state index is 11.7. The zero-order chi connectivity index (χ0) is 12.0. The number of carboxylic acids is 1. The van der Waals surface area contributed by atoms with E-state index in [4.69, 9.17) is 9.84 Å². The van der Waals surface area contributed by atoms with Crippen molar-refractivity contribution in [1.82, 2.24) is 10.2 Å². The summed E-state index contributed by atoms with van der Waals surface area (Å²) in [5.41, 5.74) is 0. The standard InChI is InChI=1S/C10H18N2O4/c1-11-4-2-3-9(13)12-5-6-16-8(7-12)10(14)15/h8,11H,2-7H2,1H3,(H,14,15). The minimum Gasteiger partial charge on any atom is -0.479 e. The highest BCUT2D eigenvalue weighted by molar-refractivity contribution is 5.78. The topological polar surface area (TPSA) is 78.9 Å². The molecule has 1 heterocycles. The molecule has 1 saturated heterocycles. The molecule has 6 nitrogen and oxygen atoms in total. The molecule has 0 bridgehead atoms. The lowest BCUT2D eigenvalue weighted by Crippen LogP contribution is -2.48. The van der Waals surface area contributed by atoms with Crippen LogP contribution >= 0.6 is 0 Å². The van der Waals surface area contributed by atoms with Crippen LogP contribution in [0, 0.1) is 0 Å². The van der Waals surface area contributed by atoms with Gasteiger partial charge in [0.1, 0.15) is 0 Å². The van der Waals surface area contributed by atoms with Crippen LogP contribution in [0.1, 0.15) is 12.8 Å². The SMILES string of the molecule is CNCCCC(=O)N1CCOC(C(=O)O)C1. The fraction of sp³-hybridized carbons (Fsp3) is 0.800. The van der Waals surface area contributed by atoms with Gasteiger partial charge in [0.05, 0.1) is 13.2 Å². The Morgan fingerprint density at radius 3 is 2.94 bits per heavy atom. The monoisotopic (exact) mass is 230 g/mol. The summed E-state index contributed by atoms with van der Waals surface area (Å²) >= 11 is 0. The van der Waals surface area contributed by atoms with Crippen molar-refractivity contribution < 1.29 is 19.4 Å². The zero-order valence-corrected chi connectivity index (χ0v) is 9.44. The Labute approximate surface area is 94.6 Å². The third-order valence-corrected chi connectivity index (χ3v) is 2.51. The van der Waals surface area contributed by atoms with Crippen molar-refractivity contribution in [3.63, 3.8) is 0 Å². The highest BCUT2D eigenvalue weighted by atomic mass is 16.5. The fourth-order valence-corrected chi connectivity index (χ4v) is 1.60.